The first kappa shape index (κ1) is 13.1. The Kier molecular flexibility index (Phi) is 7.00. The largest absolute Gasteiger partial charge is 0.533 e. The van der Waals surface area contributed by atoms with Crippen LogP contribution in [0, 0.1) is 0 Å². The quantitative estimate of drug-likeness (QED) is 0.449. The number of carbonyl (C=O) groups is 2. The molecule has 0 saturated heterocycles. The van der Waals surface area contributed by atoms with Crippen molar-refractivity contribution in [3.8, 4) is 0 Å². The molecule has 5 nitrogen and oxygen atoms in total. The molecule has 0 N–H and O–H groups in total. The number of nitrogens with zero attached hydrogens (tertiary/aromatic N) is 1. The van der Waals surface area contributed by atoms with Crippen molar-refractivity contribution < 1.29 is 19.2 Å². The summed E-state index contributed by atoms with van der Waals surface area (Å²) in [6.07, 6.45) is 0.508. The number of rotatable bonds is 4. The molecule has 1 amide bonds. The Hall–Kier alpha value is -0.910. The van der Waals surface area contributed by atoms with Gasteiger partial charge in [0.25, 0.3) is 0 Å². The first-order valence-electron chi connectivity index (χ1n) is 4.47. The topological polar surface area (TPSA) is 55.8 Å². The summed E-state index contributed by atoms with van der Waals surface area (Å²) in [4.78, 5) is 26.3. The second-order valence-electron chi connectivity index (χ2n) is 2.57. The van der Waals surface area contributed by atoms with Crippen LogP contribution in [0.1, 0.15) is 26.7 Å². The van der Waals surface area contributed by atoms with Crippen LogP contribution in [-0.4, -0.2) is 29.6 Å². The Labute approximate surface area is 88.7 Å². The highest BCUT2D eigenvalue weighted by Gasteiger charge is 2.15. The number of hydrogen-bond donors (Lipinski definition) is 1. The number of hydrogen-bond acceptors (Lipinski definition) is 4. The molecular formula is C8H15NO4S. The Morgan fingerprint density at radius 1 is 1.29 bits per heavy atom. The fourth-order valence-electron chi connectivity index (χ4n) is 0.685. The van der Waals surface area contributed by atoms with Gasteiger partial charge in [0, 0.05) is 0 Å². The highest BCUT2D eigenvalue weighted by molar-refractivity contribution is 7.96. The Morgan fingerprint density at radius 3 is 2.36 bits per heavy atom. The molecule has 0 heterocycles. The van der Waals surface area contributed by atoms with Gasteiger partial charge in [0.15, 0.2) is 0 Å². The first-order valence-corrected chi connectivity index (χ1v) is 4.91. The summed E-state index contributed by atoms with van der Waals surface area (Å²) >= 11 is 3.55. The molecule has 0 fully saturated rings. The van der Waals surface area contributed by atoms with Gasteiger partial charge >= 0.3 is 11.4 Å². The zero-order chi connectivity index (χ0) is 11.0. The van der Waals surface area contributed by atoms with Crippen LogP contribution >= 0.6 is 12.6 Å². The summed E-state index contributed by atoms with van der Waals surface area (Å²) in [5, 5.41) is 0.251. The van der Waals surface area contributed by atoms with Gasteiger partial charge in [-0.3, -0.25) is 4.79 Å². The van der Waals surface area contributed by atoms with Gasteiger partial charge in [0.1, 0.15) is 0 Å². The molecule has 0 aliphatic heterocycles. The van der Waals surface area contributed by atoms with Crippen molar-refractivity contribution in [2.24, 2.45) is 0 Å². The van der Waals surface area contributed by atoms with Crippen LogP contribution in [0.2, 0.25) is 0 Å². The predicted octanol–water partition coefficient (Wildman–Crippen LogP) is 2.23. The van der Waals surface area contributed by atoms with Crippen molar-refractivity contribution in [3.05, 3.63) is 0 Å². The van der Waals surface area contributed by atoms with E-state index in [-0.39, 0.29) is 6.61 Å². The van der Waals surface area contributed by atoms with Gasteiger partial charge in [-0.15, -0.1) is 0 Å². The van der Waals surface area contributed by atoms with Gasteiger partial charge < -0.3 is 9.57 Å². The predicted molar refractivity (Wildman–Crippen MR) is 54.1 cm³/mol. The lowest BCUT2D eigenvalue weighted by molar-refractivity contribution is -0.0843. The van der Waals surface area contributed by atoms with Crippen LogP contribution in [0.3, 0.4) is 0 Å². The number of hydroxylamine groups is 2. The summed E-state index contributed by atoms with van der Waals surface area (Å²) in [6.45, 7) is 4.30. The fourth-order valence-corrected chi connectivity index (χ4v) is 0.826. The number of thiol groups is 1. The molecule has 82 valence electrons. The molecule has 0 aromatic carbocycles. The lowest BCUT2D eigenvalue weighted by atomic mass is 10.5. The summed E-state index contributed by atoms with van der Waals surface area (Å²) < 4.78 is 4.63. The van der Waals surface area contributed by atoms with Crippen molar-refractivity contribution in [1.82, 2.24) is 5.06 Å². The van der Waals surface area contributed by atoms with Crippen LogP contribution in [0.15, 0.2) is 0 Å². The van der Waals surface area contributed by atoms with Crippen molar-refractivity contribution in [1.29, 1.82) is 0 Å². The van der Waals surface area contributed by atoms with E-state index >= 15 is 0 Å². The normalized spacial score (nSPS) is 9.36. The average Bonchev–Trinajstić information content (AvgIpc) is 2.14. The summed E-state index contributed by atoms with van der Waals surface area (Å²) in [7, 11) is 0. The summed E-state index contributed by atoms with van der Waals surface area (Å²) in [5.74, 6) is 0. The maximum atomic E-state index is 10.9. The molecular weight excluding hydrogens is 206 g/mol. The zero-order valence-electron chi connectivity index (χ0n) is 8.36. The van der Waals surface area contributed by atoms with Crippen LogP contribution < -0.4 is 0 Å². The second-order valence-corrected chi connectivity index (χ2v) is 2.96. The molecule has 6 heteroatoms. The minimum Gasteiger partial charge on any atom is -0.433 e. The first-order chi connectivity index (χ1) is 6.61. The smallest absolute Gasteiger partial charge is 0.433 e. The van der Waals surface area contributed by atoms with E-state index in [1.54, 1.807) is 0 Å². The third kappa shape index (κ3) is 5.69. The SMILES string of the molecule is CCCOC(=O)ON(CCC)C(=O)S. The highest BCUT2D eigenvalue weighted by Crippen LogP contribution is 2.01. The third-order valence-corrected chi connectivity index (χ3v) is 1.47. The van der Waals surface area contributed by atoms with Crippen molar-refractivity contribution >= 4 is 24.0 Å². The molecule has 0 aromatic rings. The number of ether oxygens (including phenoxy) is 1. The Balaban J connectivity index is 3.90. The van der Waals surface area contributed by atoms with Crippen molar-refractivity contribution in [2.75, 3.05) is 13.2 Å². The van der Waals surface area contributed by atoms with Crippen LogP contribution in [0.5, 0.6) is 0 Å². The number of amides is 1. The monoisotopic (exact) mass is 221 g/mol. The van der Waals surface area contributed by atoms with E-state index in [1.165, 1.54) is 0 Å². The molecule has 0 aliphatic rings. The van der Waals surface area contributed by atoms with E-state index in [0.29, 0.717) is 19.4 Å². The van der Waals surface area contributed by atoms with E-state index < -0.39 is 11.4 Å². The molecule has 0 radical (unpaired) electrons. The van der Waals surface area contributed by atoms with Gasteiger partial charge in [0.05, 0.1) is 13.2 Å². The van der Waals surface area contributed by atoms with E-state index in [4.69, 9.17) is 0 Å². The van der Waals surface area contributed by atoms with Gasteiger partial charge in [-0.1, -0.05) is 26.5 Å². The Morgan fingerprint density at radius 2 is 1.93 bits per heavy atom. The van der Waals surface area contributed by atoms with E-state index in [9.17, 15) is 9.59 Å². The molecule has 0 atom stereocenters. The van der Waals surface area contributed by atoms with Crippen LogP contribution in [0.4, 0.5) is 9.59 Å². The van der Waals surface area contributed by atoms with Gasteiger partial charge in [0.2, 0.25) is 0 Å². The van der Waals surface area contributed by atoms with E-state index in [0.717, 1.165) is 5.06 Å². The second kappa shape index (κ2) is 7.49. The molecule has 0 aliphatic carbocycles. The van der Waals surface area contributed by atoms with E-state index in [2.05, 4.69) is 22.2 Å². The zero-order valence-corrected chi connectivity index (χ0v) is 9.25. The average molecular weight is 221 g/mol. The summed E-state index contributed by atoms with van der Waals surface area (Å²) in [5.41, 5.74) is 0. The van der Waals surface area contributed by atoms with Crippen molar-refractivity contribution in [2.45, 2.75) is 26.7 Å². The highest BCUT2D eigenvalue weighted by atomic mass is 32.1. The van der Waals surface area contributed by atoms with Crippen LogP contribution in [0.25, 0.3) is 0 Å². The lowest BCUT2D eigenvalue weighted by Crippen LogP contribution is -2.30. The molecule has 0 rings (SSSR count). The summed E-state index contributed by atoms with van der Waals surface area (Å²) in [6, 6.07) is 0. The minimum absolute atomic E-state index is 0.277. The van der Waals surface area contributed by atoms with Crippen LogP contribution in [-0.2, 0) is 9.57 Å². The molecule has 0 aromatic heterocycles. The van der Waals surface area contributed by atoms with Gasteiger partial charge in [-0.25, -0.2) is 4.79 Å². The maximum absolute atomic E-state index is 10.9. The Bertz CT molecular complexity index is 198. The maximum Gasteiger partial charge on any atom is 0.533 e. The molecule has 0 saturated carbocycles. The van der Waals surface area contributed by atoms with Gasteiger partial charge in [-0.2, -0.15) is 5.06 Å². The molecule has 0 unspecified atom stereocenters. The van der Waals surface area contributed by atoms with Gasteiger partial charge in [-0.05, 0) is 12.8 Å². The van der Waals surface area contributed by atoms with Crippen molar-refractivity contribution in [3.63, 3.8) is 0 Å². The standard InChI is InChI=1S/C8H15NO4S/c1-3-5-9(7(10)14)13-8(11)12-6-4-2/h3-6H2,1-2H3,(H,10,14). The molecule has 0 bridgehead atoms. The lowest BCUT2D eigenvalue weighted by Gasteiger charge is -2.17. The van der Waals surface area contributed by atoms with E-state index in [1.807, 2.05) is 13.8 Å². The fraction of sp³-hybridized carbons (Fsp3) is 0.750. The molecule has 0 spiro atoms. The molecule has 14 heavy (non-hydrogen) atoms. The third-order valence-electron chi connectivity index (χ3n) is 1.25. The number of carbonyl (C=O) groups excluding carboxylic acids is 2. The minimum atomic E-state index is -0.872.